The van der Waals surface area contributed by atoms with Crippen molar-refractivity contribution in [3.8, 4) is 50.8 Å². The van der Waals surface area contributed by atoms with Crippen molar-refractivity contribution in [2.75, 3.05) is 0 Å². The van der Waals surface area contributed by atoms with Gasteiger partial charge in [-0.3, -0.25) is 0 Å². The molecule has 0 atom stereocenters. The predicted molar refractivity (Wildman–Crippen MR) is 211 cm³/mol. The largest absolute Gasteiger partial charge is 0.309 e. The fourth-order valence-electron chi connectivity index (χ4n) is 7.38. The first-order valence-electron chi connectivity index (χ1n) is 17.2. The highest BCUT2D eigenvalue weighted by molar-refractivity contribution is 6.14. The summed E-state index contributed by atoms with van der Waals surface area (Å²) in [6.07, 6.45) is 0. The molecule has 0 N–H and O–H groups in total. The van der Waals surface area contributed by atoms with E-state index in [4.69, 9.17) is 15.0 Å². The topological polar surface area (TPSA) is 43.6 Å². The van der Waals surface area contributed by atoms with Crippen molar-refractivity contribution in [1.82, 2.24) is 19.5 Å². The van der Waals surface area contributed by atoms with Gasteiger partial charge in [0.05, 0.1) is 33.6 Å². The van der Waals surface area contributed by atoms with Gasteiger partial charge in [-0.25, -0.2) is 15.0 Å². The number of rotatable bonds is 5. The highest BCUT2D eigenvalue weighted by Gasteiger charge is 2.17. The number of hydrogen-bond acceptors (Lipinski definition) is 3. The number of para-hydroxylation sites is 2. The van der Waals surface area contributed by atoms with E-state index in [0.717, 1.165) is 66.7 Å². The van der Waals surface area contributed by atoms with Crippen LogP contribution in [0.15, 0.2) is 182 Å². The molecule has 4 nitrogen and oxygen atoms in total. The van der Waals surface area contributed by atoms with Crippen molar-refractivity contribution < 1.29 is 0 Å². The molecule has 7 aromatic carbocycles. The van der Waals surface area contributed by atoms with E-state index < -0.39 is 0 Å². The average Bonchev–Trinajstić information content (AvgIpc) is 3.55. The molecule has 0 unspecified atom stereocenters. The van der Waals surface area contributed by atoms with Gasteiger partial charge < -0.3 is 4.57 Å². The first kappa shape index (κ1) is 29.0. The smallest absolute Gasteiger partial charge is 0.160 e. The SMILES string of the molecule is c1ccc(-c2cc(-c3ccccc3)nc(-c3ccc4nc(-c5ccc6c(c5)c5ccccc5n6-c5ccccc5)c5ccccc5c4c3)n2)cc1. The van der Waals surface area contributed by atoms with Crippen molar-refractivity contribution in [3.63, 3.8) is 0 Å². The molecule has 0 aliphatic carbocycles. The maximum Gasteiger partial charge on any atom is 0.160 e. The Labute approximate surface area is 295 Å². The minimum Gasteiger partial charge on any atom is -0.309 e. The van der Waals surface area contributed by atoms with Gasteiger partial charge in [0.25, 0.3) is 0 Å². The molecule has 0 amide bonds. The van der Waals surface area contributed by atoms with Crippen LogP contribution < -0.4 is 0 Å². The Bertz CT molecular complexity index is 2840. The second-order valence-electron chi connectivity index (χ2n) is 12.9. The second kappa shape index (κ2) is 11.9. The molecule has 0 fully saturated rings. The molecule has 0 bridgehead atoms. The third-order valence-electron chi connectivity index (χ3n) is 9.79. The molecular formula is C47H30N4. The highest BCUT2D eigenvalue weighted by atomic mass is 15.0. The average molecular weight is 651 g/mol. The van der Waals surface area contributed by atoms with E-state index in [2.05, 4.69) is 150 Å². The molecular weight excluding hydrogens is 621 g/mol. The Hall–Kier alpha value is -6.91. The zero-order valence-electron chi connectivity index (χ0n) is 27.6. The Morgan fingerprint density at radius 1 is 0.333 bits per heavy atom. The van der Waals surface area contributed by atoms with Crippen LogP contribution in [0.2, 0.25) is 0 Å². The van der Waals surface area contributed by atoms with Crippen LogP contribution in [0.4, 0.5) is 0 Å². The van der Waals surface area contributed by atoms with E-state index >= 15 is 0 Å². The van der Waals surface area contributed by atoms with E-state index in [-0.39, 0.29) is 0 Å². The molecule has 0 radical (unpaired) electrons. The van der Waals surface area contributed by atoms with Crippen LogP contribution >= 0.6 is 0 Å². The second-order valence-corrected chi connectivity index (χ2v) is 12.9. The fraction of sp³-hybridized carbons (Fsp3) is 0. The molecule has 10 rings (SSSR count). The number of pyridine rings is 1. The summed E-state index contributed by atoms with van der Waals surface area (Å²) >= 11 is 0. The van der Waals surface area contributed by atoms with Gasteiger partial charge in [-0.05, 0) is 60.0 Å². The van der Waals surface area contributed by atoms with Crippen LogP contribution in [0.3, 0.4) is 0 Å². The number of benzene rings is 7. The van der Waals surface area contributed by atoms with Crippen LogP contribution in [0, 0.1) is 0 Å². The number of nitrogens with zero attached hydrogens (tertiary/aromatic N) is 4. The lowest BCUT2D eigenvalue weighted by Gasteiger charge is -2.13. The van der Waals surface area contributed by atoms with Crippen molar-refractivity contribution in [1.29, 1.82) is 0 Å². The molecule has 10 aromatic rings. The third kappa shape index (κ3) is 4.96. The van der Waals surface area contributed by atoms with Crippen molar-refractivity contribution >= 4 is 43.5 Å². The first-order valence-corrected chi connectivity index (χ1v) is 17.2. The van der Waals surface area contributed by atoms with Crippen LogP contribution in [0.25, 0.3) is 94.3 Å². The normalized spacial score (nSPS) is 11.5. The van der Waals surface area contributed by atoms with Gasteiger partial charge >= 0.3 is 0 Å². The van der Waals surface area contributed by atoms with Crippen LogP contribution in [-0.4, -0.2) is 19.5 Å². The minimum absolute atomic E-state index is 0.686. The molecule has 0 spiro atoms. The summed E-state index contributed by atoms with van der Waals surface area (Å²) in [4.78, 5) is 15.5. The molecule has 51 heavy (non-hydrogen) atoms. The lowest BCUT2D eigenvalue weighted by Crippen LogP contribution is -1.96. The zero-order valence-corrected chi connectivity index (χ0v) is 27.6. The van der Waals surface area contributed by atoms with Gasteiger partial charge in [-0.15, -0.1) is 0 Å². The van der Waals surface area contributed by atoms with E-state index in [1.807, 2.05) is 36.4 Å². The Balaban J connectivity index is 1.15. The summed E-state index contributed by atoms with van der Waals surface area (Å²) in [5.74, 6) is 0.686. The first-order chi connectivity index (χ1) is 25.3. The minimum atomic E-state index is 0.686. The summed E-state index contributed by atoms with van der Waals surface area (Å²) in [6.45, 7) is 0. The molecule has 4 heteroatoms. The lowest BCUT2D eigenvalue weighted by atomic mass is 9.97. The third-order valence-corrected chi connectivity index (χ3v) is 9.79. The van der Waals surface area contributed by atoms with Crippen LogP contribution in [0.5, 0.6) is 0 Å². The summed E-state index contributed by atoms with van der Waals surface area (Å²) in [6, 6.07) is 63.7. The number of hydrogen-bond donors (Lipinski definition) is 0. The maximum absolute atomic E-state index is 5.34. The van der Waals surface area contributed by atoms with Gasteiger partial charge in [-0.2, -0.15) is 0 Å². The van der Waals surface area contributed by atoms with Crippen molar-refractivity contribution in [2.24, 2.45) is 0 Å². The van der Waals surface area contributed by atoms with Crippen molar-refractivity contribution in [2.45, 2.75) is 0 Å². The van der Waals surface area contributed by atoms with Gasteiger partial charge in [0, 0.05) is 49.5 Å². The fourth-order valence-corrected chi connectivity index (χ4v) is 7.38. The van der Waals surface area contributed by atoms with Crippen LogP contribution in [0.1, 0.15) is 0 Å². The molecule has 0 aliphatic rings. The Kier molecular flexibility index (Phi) is 6.78. The standard InChI is InChI=1S/C47H30N4/c1-4-14-31(15-5-1)42-30-43(32-16-6-2-7-17-32)50-47(49-42)34-24-26-41-39(29-34)36-20-10-11-22-38(36)46(48-41)33-25-27-45-40(28-33)37-21-12-13-23-44(37)51(45)35-18-8-3-9-19-35/h1-30H. The highest BCUT2D eigenvalue weighted by Crippen LogP contribution is 2.38. The molecule has 238 valence electrons. The summed E-state index contributed by atoms with van der Waals surface area (Å²) in [5.41, 5.74) is 11.3. The summed E-state index contributed by atoms with van der Waals surface area (Å²) < 4.78 is 2.35. The van der Waals surface area contributed by atoms with E-state index in [0.29, 0.717) is 5.82 Å². The summed E-state index contributed by atoms with van der Waals surface area (Å²) in [5, 5.41) is 5.76. The van der Waals surface area contributed by atoms with E-state index in [1.165, 1.54) is 21.8 Å². The molecule has 3 heterocycles. The maximum atomic E-state index is 5.34. The Morgan fingerprint density at radius 2 is 0.882 bits per heavy atom. The number of aromatic nitrogens is 4. The number of fused-ring (bicyclic) bond motifs is 6. The monoisotopic (exact) mass is 650 g/mol. The van der Waals surface area contributed by atoms with Gasteiger partial charge in [-0.1, -0.05) is 127 Å². The quantitative estimate of drug-likeness (QED) is 0.174. The van der Waals surface area contributed by atoms with Gasteiger partial charge in [0.1, 0.15) is 0 Å². The molecule has 3 aromatic heterocycles. The lowest BCUT2D eigenvalue weighted by molar-refractivity contribution is 1.18. The predicted octanol–water partition coefficient (Wildman–Crippen LogP) is 11.9. The van der Waals surface area contributed by atoms with Crippen molar-refractivity contribution in [3.05, 3.63) is 182 Å². The van der Waals surface area contributed by atoms with Gasteiger partial charge in [0.15, 0.2) is 5.82 Å². The van der Waals surface area contributed by atoms with E-state index in [1.54, 1.807) is 0 Å². The Morgan fingerprint density at radius 3 is 1.59 bits per heavy atom. The van der Waals surface area contributed by atoms with Gasteiger partial charge in [0.2, 0.25) is 0 Å². The molecule has 0 saturated heterocycles. The molecule has 0 aliphatic heterocycles. The molecule has 0 saturated carbocycles. The van der Waals surface area contributed by atoms with E-state index in [9.17, 15) is 0 Å². The van der Waals surface area contributed by atoms with Crippen LogP contribution in [-0.2, 0) is 0 Å². The zero-order chi connectivity index (χ0) is 33.7. The summed E-state index contributed by atoms with van der Waals surface area (Å²) in [7, 11) is 0.